The van der Waals surface area contributed by atoms with Gasteiger partial charge in [0.2, 0.25) is 0 Å². The lowest BCUT2D eigenvalue weighted by atomic mass is 9.97. The Bertz CT molecular complexity index is 758. The van der Waals surface area contributed by atoms with Gasteiger partial charge in [-0.25, -0.2) is 0 Å². The molecule has 0 heterocycles. The van der Waals surface area contributed by atoms with E-state index in [1.165, 1.54) is 25.7 Å². The molecule has 0 saturated heterocycles. The summed E-state index contributed by atoms with van der Waals surface area (Å²) in [4.78, 5) is 0. The number of benzene rings is 2. The quantitative estimate of drug-likeness (QED) is 0.430. The van der Waals surface area contributed by atoms with Gasteiger partial charge in [0.15, 0.2) is 11.5 Å². The number of hydrogen-bond donors (Lipinski definition) is 1. The minimum absolute atomic E-state index is 0.499. The Morgan fingerprint density at radius 1 is 1.11 bits per heavy atom. The van der Waals surface area contributed by atoms with E-state index in [4.69, 9.17) is 21.1 Å². The van der Waals surface area contributed by atoms with Crippen LogP contribution in [0, 0.1) is 0 Å². The van der Waals surface area contributed by atoms with Crippen molar-refractivity contribution >= 4 is 11.6 Å². The molecule has 1 aliphatic rings. The molecule has 0 radical (unpaired) electrons. The van der Waals surface area contributed by atoms with Crippen molar-refractivity contribution in [1.29, 1.82) is 0 Å². The van der Waals surface area contributed by atoms with Crippen LogP contribution in [0.4, 0.5) is 0 Å². The number of halogens is 1. The zero-order valence-electron chi connectivity index (χ0n) is 16.0. The lowest BCUT2D eigenvalue weighted by Crippen LogP contribution is -2.16. The van der Waals surface area contributed by atoms with E-state index in [-0.39, 0.29) is 0 Å². The highest BCUT2D eigenvalue weighted by molar-refractivity contribution is 6.30. The van der Waals surface area contributed by atoms with Crippen molar-refractivity contribution in [2.45, 2.75) is 45.3 Å². The lowest BCUT2D eigenvalue weighted by Gasteiger charge is -2.17. The molecule has 0 aromatic heterocycles. The maximum atomic E-state index is 6.28. The molecule has 3 rings (SSSR count). The van der Waals surface area contributed by atoms with E-state index in [1.54, 1.807) is 18.7 Å². The summed E-state index contributed by atoms with van der Waals surface area (Å²) in [6.45, 7) is 2.16. The Kier molecular flexibility index (Phi) is 7.61. The third kappa shape index (κ3) is 6.02. The van der Waals surface area contributed by atoms with Crippen LogP contribution in [0.15, 0.2) is 54.1 Å². The molecule has 0 bridgehead atoms. The molecule has 3 nitrogen and oxygen atoms in total. The van der Waals surface area contributed by atoms with E-state index in [0.29, 0.717) is 23.9 Å². The highest BCUT2D eigenvalue weighted by Crippen LogP contribution is 2.35. The molecular formula is C23H28ClNO2. The second kappa shape index (κ2) is 10.4. The standard InChI is InChI=1S/C23H28ClNO2/c1-26-22-15-21(24)14-20(16-25-13-12-18-8-4-2-5-9-18)23(22)27-17-19-10-6-3-7-11-19/h3,6-8,10-11,14-15,25H,2,4-5,9,12-13,16-17H2,1H3. The Hall–Kier alpha value is -1.97. The molecule has 4 heteroatoms. The average Bonchev–Trinajstić information content (AvgIpc) is 2.71. The summed E-state index contributed by atoms with van der Waals surface area (Å²) in [5.41, 5.74) is 3.73. The van der Waals surface area contributed by atoms with Gasteiger partial charge in [-0.05, 0) is 50.3 Å². The summed E-state index contributed by atoms with van der Waals surface area (Å²) in [6, 6.07) is 13.9. The predicted octanol–water partition coefficient (Wildman–Crippen LogP) is 5.91. The number of nitrogens with one attached hydrogen (secondary N) is 1. The smallest absolute Gasteiger partial charge is 0.166 e. The number of ether oxygens (including phenoxy) is 2. The molecule has 1 N–H and O–H groups in total. The molecule has 144 valence electrons. The molecule has 0 atom stereocenters. The van der Waals surface area contributed by atoms with Crippen LogP contribution in [0.25, 0.3) is 0 Å². The van der Waals surface area contributed by atoms with E-state index >= 15 is 0 Å². The van der Waals surface area contributed by atoms with Gasteiger partial charge in [-0.15, -0.1) is 0 Å². The molecule has 0 spiro atoms. The van der Waals surface area contributed by atoms with Crippen LogP contribution in [-0.4, -0.2) is 13.7 Å². The fourth-order valence-electron chi connectivity index (χ4n) is 3.40. The van der Waals surface area contributed by atoms with Gasteiger partial charge in [-0.3, -0.25) is 0 Å². The van der Waals surface area contributed by atoms with Crippen molar-refractivity contribution in [2.75, 3.05) is 13.7 Å². The molecule has 1 aliphatic carbocycles. The Labute approximate surface area is 167 Å². The van der Waals surface area contributed by atoms with Crippen LogP contribution < -0.4 is 14.8 Å². The van der Waals surface area contributed by atoms with Crippen molar-refractivity contribution in [3.8, 4) is 11.5 Å². The lowest BCUT2D eigenvalue weighted by molar-refractivity contribution is 0.280. The third-order valence-electron chi connectivity index (χ3n) is 4.87. The Morgan fingerprint density at radius 2 is 1.96 bits per heavy atom. The van der Waals surface area contributed by atoms with E-state index < -0.39 is 0 Å². The summed E-state index contributed by atoms with van der Waals surface area (Å²) in [5.74, 6) is 1.43. The van der Waals surface area contributed by atoms with Gasteiger partial charge in [0.05, 0.1) is 7.11 Å². The normalized spacial score (nSPS) is 13.9. The second-order valence-electron chi connectivity index (χ2n) is 6.91. The predicted molar refractivity (Wildman–Crippen MR) is 112 cm³/mol. The van der Waals surface area contributed by atoms with Crippen molar-refractivity contribution in [1.82, 2.24) is 5.32 Å². The number of allylic oxidation sites excluding steroid dienone is 1. The van der Waals surface area contributed by atoms with Gasteiger partial charge >= 0.3 is 0 Å². The number of methoxy groups -OCH3 is 1. The summed E-state index contributed by atoms with van der Waals surface area (Å²) in [6.07, 6.45) is 8.66. The van der Waals surface area contributed by atoms with Gasteiger partial charge in [0.1, 0.15) is 6.61 Å². The molecule has 2 aromatic rings. The van der Waals surface area contributed by atoms with E-state index in [1.807, 2.05) is 24.3 Å². The van der Waals surface area contributed by atoms with Crippen LogP contribution in [0.5, 0.6) is 11.5 Å². The molecule has 0 saturated carbocycles. The van der Waals surface area contributed by atoms with Crippen molar-refractivity contribution in [2.24, 2.45) is 0 Å². The first-order valence-corrected chi connectivity index (χ1v) is 10.1. The molecule has 0 aliphatic heterocycles. The largest absolute Gasteiger partial charge is 0.493 e. The van der Waals surface area contributed by atoms with Crippen LogP contribution in [-0.2, 0) is 13.2 Å². The molecular weight excluding hydrogens is 358 g/mol. The van der Waals surface area contributed by atoms with Gasteiger partial charge in [-0.1, -0.05) is 53.6 Å². The first-order chi connectivity index (χ1) is 13.3. The van der Waals surface area contributed by atoms with Crippen molar-refractivity contribution in [3.05, 3.63) is 70.3 Å². The first-order valence-electron chi connectivity index (χ1n) is 9.68. The zero-order valence-corrected chi connectivity index (χ0v) is 16.7. The highest BCUT2D eigenvalue weighted by atomic mass is 35.5. The molecule has 0 amide bonds. The van der Waals surface area contributed by atoms with Crippen LogP contribution in [0.1, 0.15) is 43.2 Å². The molecule has 0 unspecified atom stereocenters. The van der Waals surface area contributed by atoms with E-state index in [2.05, 4.69) is 23.5 Å². The van der Waals surface area contributed by atoms with E-state index in [0.717, 1.165) is 29.8 Å². The average molecular weight is 386 g/mol. The molecule has 0 fully saturated rings. The van der Waals surface area contributed by atoms with Crippen molar-refractivity contribution in [3.63, 3.8) is 0 Å². The Balaban J connectivity index is 1.63. The van der Waals surface area contributed by atoms with Crippen LogP contribution in [0.2, 0.25) is 5.02 Å². The highest BCUT2D eigenvalue weighted by Gasteiger charge is 2.13. The van der Waals surface area contributed by atoms with Gasteiger partial charge in [0, 0.05) is 23.2 Å². The van der Waals surface area contributed by atoms with Crippen LogP contribution in [0.3, 0.4) is 0 Å². The fraction of sp³-hybridized carbons (Fsp3) is 0.391. The Morgan fingerprint density at radius 3 is 2.70 bits per heavy atom. The van der Waals surface area contributed by atoms with Gasteiger partial charge in [0.25, 0.3) is 0 Å². The van der Waals surface area contributed by atoms with Gasteiger partial charge < -0.3 is 14.8 Å². The molecule has 2 aromatic carbocycles. The monoisotopic (exact) mass is 385 g/mol. The second-order valence-corrected chi connectivity index (χ2v) is 7.34. The first kappa shape index (κ1) is 19.8. The van der Waals surface area contributed by atoms with Crippen molar-refractivity contribution < 1.29 is 9.47 Å². The minimum atomic E-state index is 0.499. The summed E-state index contributed by atoms with van der Waals surface area (Å²) < 4.78 is 11.6. The number of rotatable bonds is 9. The fourth-order valence-corrected chi connectivity index (χ4v) is 3.63. The van der Waals surface area contributed by atoms with Crippen LogP contribution >= 0.6 is 11.6 Å². The summed E-state index contributed by atoms with van der Waals surface area (Å²) >= 11 is 6.28. The summed E-state index contributed by atoms with van der Waals surface area (Å²) in [7, 11) is 1.65. The third-order valence-corrected chi connectivity index (χ3v) is 5.08. The maximum absolute atomic E-state index is 6.28. The number of hydrogen-bond acceptors (Lipinski definition) is 3. The SMILES string of the molecule is COc1cc(Cl)cc(CNCCC2=CCCCC2)c1OCc1ccccc1. The van der Waals surface area contributed by atoms with E-state index in [9.17, 15) is 0 Å². The maximum Gasteiger partial charge on any atom is 0.166 e. The van der Waals surface area contributed by atoms with Gasteiger partial charge in [-0.2, -0.15) is 0 Å². The topological polar surface area (TPSA) is 30.5 Å². The minimum Gasteiger partial charge on any atom is -0.493 e. The zero-order chi connectivity index (χ0) is 18.9. The molecule has 27 heavy (non-hydrogen) atoms. The summed E-state index contributed by atoms with van der Waals surface area (Å²) in [5, 5.41) is 4.19.